The van der Waals surface area contributed by atoms with E-state index in [4.69, 9.17) is 17.3 Å². The normalized spacial score (nSPS) is 10.6. The number of nitrogens with zero attached hydrogens (tertiary/aromatic N) is 1. The minimum atomic E-state index is -0.160. The minimum absolute atomic E-state index is 0.160. The summed E-state index contributed by atoms with van der Waals surface area (Å²) in [5.74, 6) is -0.160. The highest BCUT2D eigenvalue weighted by molar-refractivity contribution is 6.31. The molecule has 0 radical (unpaired) electrons. The number of aryl methyl sites for hydroxylation is 1. The van der Waals surface area contributed by atoms with Crippen molar-refractivity contribution in [2.45, 2.75) is 6.92 Å². The van der Waals surface area contributed by atoms with Gasteiger partial charge < -0.3 is 11.1 Å². The van der Waals surface area contributed by atoms with E-state index in [1.165, 1.54) is 0 Å². The van der Waals surface area contributed by atoms with Gasteiger partial charge in [0.2, 0.25) is 0 Å². The molecule has 1 aromatic carbocycles. The van der Waals surface area contributed by atoms with E-state index in [1.807, 2.05) is 13.0 Å². The van der Waals surface area contributed by atoms with Crippen molar-refractivity contribution in [3.63, 3.8) is 0 Å². The Hall–Kier alpha value is -1.65. The lowest BCUT2D eigenvalue weighted by molar-refractivity contribution is 0.0954. The first-order valence-electron chi connectivity index (χ1n) is 5.67. The number of pyridine rings is 1. The Balaban J connectivity index is 2.44. The molecule has 94 valence electrons. The third kappa shape index (κ3) is 2.60. The van der Waals surface area contributed by atoms with E-state index in [9.17, 15) is 4.79 Å². The van der Waals surface area contributed by atoms with Gasteiger partial charge in [-0.2, -0.15) is 0 Å². The molecule has 3 N–H and O–H groups in total. The first kappa shape index (κ1) is 12.8. The van der Waals surface area contributed by atoms with Crippen LogP contribution in [0, 0.1) is 6.92 Å². The molecule has 0 saturated heterocycles. The van der Waals surface area contributed by atoms with Crippen LogP contribution in [0.1, 0.15) is 16.1 Å². The molecule has 2 rings (SSSR count). The Bertz CT molecular complexity index is 598. The van der Waals surface area contributed by atoms with E-state index in [0.29, 0.717) is 29.4 Å². The Labute approximate surface area is 110 Å². The fourth-order valence-electron chi connectivity index (χ4n) is 1.75. The van der Waals surface area contributed by atoms with Crippen LogP contribution < -0.4 is 11.1 Å². The Morgan fingerprint density at radius 2 is 2.22 bits per heavy atom. The van der Waals surface area contributed by atoms with Crippen molar-refractivity contribution in [3.8, 4) is 0 Å². The molecule has 0 fully saturated rings. The summed E-state index contributed by atoms with van der Waals surface area (Å²) in [5, 5.41) is 4.21. The maximum absolute atomic E-state index is 11.9. The number of amides is 1. The molecule has 0 aliphatic heterocycles. The van der Waals surface area contributed by atoms with Gasteiger partial charge in [-0.25, -0.2) is 0 Å². The number of rotatable bonds is 3. The van der Waals surface area contributed by atoms with Crippen LogP contribution in [0.25, 0.3) is 10.9 Å². The number of carbonyl (C=O) groups excluding carboxylic acids is 1. The molecule has 0 saturated carbocycles. The second-order valence-corrected chi connectivity index (χ2v) is 4.44. The maximum Gasteiger partial charge on any atom is 0.253 e. The molecule has 0 aliphatic rings. The lowest BCUT2D eigenvalue weighted by Gasteiger charge is -2.08. The van der Waals surface area contributed by atoms with E-state index in [0.717, 1.165) is 10.9 Å². The van der Waals surface area contributed by atoms with Gasteiger partial charge in [0.25, 0.3) is 5.91 Å². The van der Waals surface area contributed by atoms with Crippen molar-refractivity contribution in [1.29, 1.82) is 0 Å². The monoisotopic (exact) mass is 263 g/mol. The smallest absolute Gasteiger partial charge is 0.253 e. The number of fused-ring (bicyclic) bond motifs is 1. The predicted octanol–water partition coefficient (Wildman–Crippen LogP) is 1.89. The maximum atomic E-state index is 11.9. The van der Waals surface area contributed by atoms with E-state index in [-0.39, 0.29) is 5.91 Å². The number of nitrogens with two attached hydrogens (primary N) is 1. The van der Waals surface area contributed by atoms with Gasteiger partial charge in [0, 0.05) is 23.5 Å². The first-order valence-corrected chi connectivity index (χ1v) is 6.05. The average molecular weight is 264 g/mol. The highest BCUT2D eigenvalue weighted by Gasteiger charge is 2.11. The molecule has 1 aromatic heterocycles. The standard InChI is InChI=1S/C13H14ClN3O/c1-8-11(13(18)16-5-4-15)7-9-6-10(14)2-3-12(9)17-8/h2-3,6-7H,4-5,15H2,1H3,(H,16,18). The molecule has 1 amide bonds. The van der Waals surface area contributed by atoms with Gasteiger partial charge in [-0.05, 0) is 31.2 Å². The summed E-state index contributed by atoms with van der Waals surface area (Å²) < 4.78 is 0. The van der Waals surface area contributed by atoms with E-state index in [2.05, 4.69) is 10.3 Å². The van der Waals surface area contributed by atoms with Crippen LogP contribution in [0.2, 0.25) is 5.02 Å². The highest BCUT2D eigenvalue weighted by Crippen LogP contribution is 2.20. The Morgan fingerprint density at radius 3 is 2.94 bits per heavy atom. The molecular formula is C13H14ClN3O. The van der Waals surface area contributed by atoms with Crippen molar-refractivity contribution in [2.75, 3.05) is 13.1 Å². The van der Waals surface area contributed by atoms with Gasteiger partial charge in [0.05, 0.1) is 16.8 Å². The molecule has 1 heterocycles. The third-order valence-electron chi connectivity index (χ3n) is 2.64. The van der Waals surface area contributed by atoms with Crippen molar-refractivity contribution in [3.05, 3.63) is 40.5 Å². The number of benzene rings is 1. The van der Waals surface area contributed by atoms with Crippen LogP contribution in [-0.2, 0) is 0 Å². The molecule has 0 atom stereocenters. The molecule has 0 unspecified atom stereocenters. The van der Waals surface area contributed by atoms with Gasteiger partial charge in [-0.15, -0.1) is 0 Å². The van der Waals surface area contributed by atoms with Crippen LogP contribution in [0.15, 0.2) is 24.3 Å². The zero-order valence-electron chi connectivity index (χ0n) is 10.0. The van der Waals surface area contributed by atoms with Crippen LogP contribution in [-0.4, -0.2) is 24.0 Å². The van der Waals surface area contributed by atoms with Crippen LogP contribution in [0.3, 0.4) is 0 Å². The second-order valence-electron chi connectivity index (χ2n) is 4.00. The van der Waals surface area contributed by atoms with Gasteiger partial charge >= 0.3 is 0 Å². The zero-order chi connectivity index (χ0) is 13.1. The summed E-state index contributed by atoms with van der Waals surface area (Å²) in [6, 6.07) is 7.22. The van der Waals surface area contributed by atoms with Gasteiger partial charge in [0.15, 0.2) is 0 Å². The summed E-state index contributed by atoms with van der Waals surface area (Å²) in [4.78, 5) is 16.3. The summed E-state index contributed by atoms with van der Waals surface area (Å²) >= 11 is 5.93. The third-order valence-corrected chi connectivity index (χ3v) is 2.88. The average Bonchev–Trinajstić information content (AvgIpc) is 2.35. The van der Waals surface area contributed by atoms with Gasteiger partial charge in [-0.3, -0.25) is 9.78 Å². The number of hydrogen-bond acceptors (Lipinski definition) is 3. The van der Waals surface area contributed by atoms with E-state index in [1.54, 1.807) is 18.2 Å². The summed E-state index contributed by atoms with van der Waals surface area (Å²) in [6.45, 7) is 2.68. The van der Waals surface area contributed by atoms with E-state index >= 15 is 0 Å². The summed E-state index contributed by atoms with van der Waals surface area (Å²) in [6.07, 6.45) is 0. The predicted molar refractivity (Wildman–Crippen MR) is 72.9 cm³/mol. The number of nitrogens with one attached hydrogen (secondary N) is 1. The molecular weight excluding hydrogens is 250 g/mol. The minimum Gasteiger partial charge on any atom is -0.351 e. The summed E-state index contributed by atoms with van der Waals surface area (Å²) in [5.41, 5.74) is 7.43. The first-order chi connectivity index (χ1) is 8.61. The topological polar surface area (TPSA) is 68.0 Å². The fraction of sp³-hybridized carbons (Fsp3) is 0.231. The second kappa shape index (κ2) is 5.33. The van der Waals surface area contributed by atoms with Crippen molar-refractivity contribution in [1.82, 2.24) is 10.3 Å². The van der Waals surface area contributed by atoms with Crippen LogP contribution in [0.4, 0.5) is 0 Å². The number of carbonyl (C=O) groups is 1. The molecule has 0 bridgehead atoms. The van der Waals surface area contributed by atoms with E-state index < -0.39 is 0 Å². The molecule has 4 nitrogen and oxygen atoms in total. The van der Waals surface area contributed by atoms with Crippen LogP contribution in [0.5, 0.6) is 0 Å². The summed E-state index contributed by atoms with van der Waals surface area (Å²) in [7, 11) is 0. The lowest BCUT2D eigenvalue weighted by atomic mass is 10.1. The highest BCUT2D eigenvalue weighted by atomic mass is 35.5. The van der Waals surface area contributed by atoms with Gasteiger partial charge in [0.1, 0.15) is 0 Å². The molecule has 18 heavy (non-hydrogen) atoms. The number of halogens is 1. The molecule has 0 spiro atoms. The van der Waals surface area contributed by atoms with Crippen molar-refractivity contribution >= 4 is 28.4 Å². The molecule has 0 aliphatic carbocycles. The lowest BCUT2D eigenvalue weighted by Crippen LogP contribution is -2.29. The number of hydrogen-bond donors (Lipinski definition) is 2. The Kier molecular flexibility index (Phi) is 3.79. The zero-order valence-corrected chi connectivity index (χ0v) is 10.8. The van der Waals surface area contributed by atoms with Crippen molar-refractivity contribution in [2.24, 2.45) is 5.73 Å². The molecule has 5 heteroatoms. The van der Waals surface area contributed by atoms with Crippen molar-refractivity contribution < 1.29 is 4.79 Å². The quantitative estimate of drug-likeness (QED) is 0.889. The Morgan fingerprint density at radius 1 is 1.44 bits per heavy atom. The molecule has 2 aromatic rings. The fourth-order valence-corrected chi connectivity index (χ4v) is 1.93. The number of aromatic nitrogens is 1. The van der Waals surface area contributed by atoms with Crippen LogP contribution >= 0.6 is 11.6 Å². The largest absolute Gasteiger partial charge is 0.351 e. The SMILES string of the molecule is Cc1nc2ccc(Cl)cc2cc1C(=O)NCCN. The van der Waals surface area contributed by atoms with Gasteiger partial charge in [-0.1, -0.05) is 11.6 Å².